The zero-order valence-corrected chi connectivity index (χ0v) is 9.40. The SMILES string of the molecule is Cc1cnnc(Oc2ccc(N)c(Cl)c2)c1. The Balaban J connectivity index is 2.24. The van der Waals surface area contributed by atoms with Crippen molar-refractivity contribution >= 4 is 17.3 Å². The number of aryl methyl sites for hydroxylation is 1. The number of aromatic nitrogens is 2. The number of hydrogen-bond acceptors (Lipinski definition) is 4. The van der Waals surface area contributed by atoms with Crippen LogP contribution in [-0.4, -0.2) is 10.2 Å². The quantitative estimate of drug-likeness (QED) is 0.813. The molecule has 1 aromatic carbocycles. The van der Waals surface area contributed by atoms with Gasteiger partial charge in [0, 0.05) is 12.1 Å². The normalized spacial score (nSPS) is 10.1. The predicted octanol–water partition coefficient (Wildman–Crippen LogP) is 2.81. The predicted molar refractivity (Wildman–Crippen MR) is 62.7 cm³/mol. The lowest BCUT2D eigenvalue weighted by molar-refractivity contribution is 0.454. The van der Waals surface area contributed by atoms with Gasteiger partial charge in [-0.2, -0.15) is 5.10 Å². The average Bonchev–Trinajstić information content (AvgIpc) is 2.24. The molecule has 0 radical (unpaired) electrons. The summed E-state index contributed by atoms with van der Waals surface area (Å²) in [5.74, 6) is 1.01. The third-order valence-electron chi connectivity index (χ3n) is 1.96. The van der Waals surface area contributed by atoms with Gasteiger partial charge in [0.15, 0.2) is 0 Å². The molecule has 16 heavy (non-hydrogen) atoms. The van der Waals surface area contributed by atoms with Crippen LogP contribution in [0.15, 0.2) is 30.5 Å². The molecule has 0 aliphatic rings. The van der Waals surface area contributed by atoms with E-state index in [-0.39, 0.29) is 0 Å². The van der Waals surface area contributed by atoms with Crippen LogP contribution in [0.2, 0.25) is 5.02 Å². The number of nitrogens with two attached hydrogens (primary N) is 1. The van der Waals surface area contributed by atoms with Gasteiger partial charge in [-0.1, -0.05) is 11.6 Å². The highest BCUT2D eigenvalue weighted by Gasteiger charge is 2.02. The molecule has 2 N–H and O–H groups in total. The molecular formula is C11H10ClN3O. The maximum absolute atomic E-state index is 5.87. The monoisotopic (exact) mass is 235 g/mol. The second-order valence-electron chi connectivity index (χ2n) is 3.36. The summed E-state index contributed by atoms with van der Waals surface area (Å²) in [6, 6.07) is 6.84. The molecule has 0 spiro atoms. The van der Waals surface area contributed by atoms with Gasteiger partial charge in [-0.3, -0.25) is 0 Å². The van der Waals surface area contributed by atoms with Crippen LogP contribution >= 0.6 is 11.6 Å². The van der Waals surface area contributed by atoms with Crippen molar-refractivity contribution in [1.82, 2.24) is 10.2 Å². The van der Waals surface area contributed by atoms with Crippen molar-refractivity contribution in [2.75, 3.05) is 5.73 Å². The number of anilines is 1. The molecule has 82 valence electrons. The fourth-order valence-electron chi connectivity index (χ4n) is 1.18. The van der Waals surface area contributed by atoms with Gasteiger partial charge >= 0.3 is 0 Å². The standard InChI is InChI=1S/C11H10ClN3O/c1-7-4-11(15-14-6-7)16-8-2-3-10(13)9(12)5-8/h2-6H,13H2,1H3. The Morgan fingerprint density at radius 3 is 2.81 bits per heavy atom. The molecule has 2 aromatic rings. The van der Waals surface area contributed by atoms with E-state index in [1.807, 2.05) is 6.92 Å². The van der Waals surface area contributed by atoms with Crippen molar-refractivity contribution in [3.05, 3.63) is 41.0 Å². The molecular weight excluding hydrogens is 226 g/mol. The molecule has 1 aromatic heterocycles. The Morgan fingerprint density at radius 1 is 1.31 bits per heavy atom. The third kappa shape index (κ3) is 2.41. The molecule has 4 nitrogen and oxygen atoms in total. The van der Waals surface area contributed by atoms with Crippen molar-refractivity contribution in [1.29, 1.82) is 0 Å². The molecule has 0 atom stereocenters. The molecule has 0 saturated heterocycles. The van der Waals surface area contributed by atoms with Crippen LogP contribution in [-0.2, 0) is 0 Å². The minimum Gasteiger partial charge on any atom is -0.437 e. The first-order chi connectivity index (χ1) is 7.65. The lowest BCUT2D eigenvalue weighted by atomic mass is 10.3. The van der Waals surface area contributed by atoms with Gasteiger partial charge in [0.2, 0.25) is 5.88 Å². The molecule has 0 fully saturated rings. The van der Waals surface area contributed by atoms with Crippen LogP contribution in [0.25, 0.3) is 0 Å². The van der Waals surface area contributed by atoms with E-state index in [1.54, 1.807) is 30.5 Å². The Bertz CT molecular complexity index is 516. The summed E-state index contributed by atoms with van der Waals surface area (Å²) in [6.07, 6.45) is 1.66. The number of hydrogen-bond donors (Lipinski definition) is 1. The van der Waals surface area contributed by atoms with Crippen molar-refractivity contribution < 1.29 is 4.74 Å². The highest BCUT2D eigenvalue weighted by Crippen LogP contribution is 2.27. The van der Waals surface area contributed by atoms with Gasteiger partial charge in [0.05, 0.1) is 16.9 Å². The van der Waals surface area contributed by atoms with Gasteiger partial charge < -0.3 is 10.5 Å². The number of halogens is 1. The number of nitrogen functional groups attached to an aromatic ring is 1. The van der Waals surface area contributed by atoms with Crippen molar-refractivity contribution in [3.8, 4) is 11.6 Å². The Kier molecular flexibility index (Phi) is 2.92. The summed E-state index contributed by atoms with van der Waals surface area (Å²) in [6.45, 7) is 1.91. The molecule has 2 rings (SSSR count). The first-order valence-electron chi connectivity index (χ1n) is 4.67. The zero-order valence-electron chi connectivity index (χ0n) is 8.64. The summed E-state index contributed by atoms with van der Waals surface area (Å²) in [5.41, 5.74) is 7.09. The summed E-state index contributed by atoms with van der Waals surface area (Å²) in [5, 5.41) is 8.08. The second kappa shape index (κ2) is 4.37. The smallest absolute Gasteiger partial charge is 0.239 e. The number of benzene rings is 1. The first-order valence-corrected chi connectivity index (χ1v) is 5.05. The van der Waals surface area contributed by atoms with Crippen LogP contribution in [0.5, 0.6) is 11.6 Å². The van der Waals surface area contributed by atoms with E-state index in [0.717, 1.165) is 5.56 Å². The maximum atomic E-state index is 5.87. The van der Waals surface area contributed by atoms with Crippen LogP contribution < -0.4 is 10.5 Å². The van der Waals surface area contributed by atoms with Gasteiger partial charge in [-0.15, -0.1) is 5.10 Å². The van der Waals surface area contributed by atoms with E-state index in [9.17, 15) is 0 Å². The van der Waals surface area contributed by atoms with E-state index in [1.165, 1.54) is 0 Å². The van der Waals surface area contributed by atoms with Gasteiger partial charge in [-0.25, -0.2) is 0 Å². The Labute approximate surface area is 98.0 Å². The summed E-state index contributed by atoms with van der Waals surface area (Å²) in [4.78, 5) is 0. The third-order valence-corrected chi connectivity index (χ3v) is 2.29. The number of nitrogens with zero attached hydrogens (tertiary/aromatic N) is 2. The lowest BCUT2D eigenvalue weighted by Gasteiger charge is -2.05. The molecule has 0 unspecified atom stereocenters. The van der Waals surface area contributed by atoms with Crippen molar-refractivity contribution in [3.63, 3.8) is 0 Å². The molecule has 0 bridgehead atoms. The molecule has 1 heterocycles. The molecule has 0 aliphatic carbocycles. The molecule has 5 heteroatoms. The number of ether oxygens (including phenoxy) is 1. The molecule has 0 saturated carbocycles. The lowest BCUT2D eigenvalue weighted by Crippen LogP contribution is -1.92. The highest BCUT2D eigenvalue weighted by molar-refractivity contribution is 6.33. The Morgan fingerprint density at radius 2 is 2.12 bits per heavy atom. The van der Waals surface area contributed by atoms with Crippen LogP contribution in [0, 0.1) is 6.92 Å². The topological polar surface area (TPSA) is 61.0 Å². The Hall–Kier alpha value is -1.81. The summed E-state index contributed by atoms with van der Waals surface area (Å²) in [7, 11) is 0. The van der Waals surface area contributed by atoms with E-state index in [2.05, 4.69) is 10.2 Å². The minimum atomic E-state index is 0.431. The fourth-order valence-corrected chi connectivity index (χ4v) is 1.35. The summed E-state index contributed by atoms with van der Waals surface area (Å²) < 4.78 is 5.48. The average molecular weight is 236 g/mol. The van der Waals surface area contributed by atoms with Crippen molar-refractivity contribution in [2.24, 2.45) is 0 Å². The zero-order chi connectivity index (χ0) is 11.5. The van der Waals surface area contributed by atoms with Gasteiger partial charge in [0.25, 0.3) is 0 Å². The van der Waals surface area contributed by atoms with Gasteiger partial charge in [-0.05, 0) is 24.6 Å². The summed E-state index contributed by atoms with van der Waals surface area (Å²) >= 11 is 5.87. The highest BCUT2D eigenvalue weighted by atomic mass is 35.5. The second-order valence-corrected chi connectivity index (χ2v) is 3.76. The van der Waals surface area contributed by atoms with E-state index in [4.69, 9.17) is 22.1 Å². The fraction of sp³-hybridized carbons (Fsp3) is 0.0909. The first kappa shape index (κ1) is 10.7. The van der Waals surface area contributed by atoms with E-state index >= 15 is 0 Å². The maximum Gasteiger partial charge on any atom is 0.239 e. The van der Waals surface area contributed by atoms with Crippen LogP contribution in [0.3, 0.4) is 0 Å². The van der Waals surface area contributed by atoms with Crippen LogP contribution in [0.4, 0.5) is 5.69 Å². The van der Waals surface area contributed by atoms with Crippen LogP contribution in [0.1, 0.15) is 5.56 Å². The molecule has 0 amide bonds. The molecule has 0 aliphatic heterocycles. The van der Waals surface area contributed by atoms with E-state index < -0.39 is 0 Å². The van der Waals surface area contributed by atoms with Gasteiger partial charge in [0.1, 0.15) is 5.75 Å². The van der Waals surface area contributed by atoms with E-state index in [0.29, 0.717) is 22.3 Å². The largest absolute Gasteiger partial charge is 0.437 e. The van der Waals surface area contributed by atoms with Crippen molar-refractivity contribution in [2.45, 2.75) is 6.92 Å². The number of rotatable bonds is 2. The minimum absolute atomic E-state index is 0.431.